The number of Topliss-reactive ketones (excluding diaryl/α,β-unsaturated/α-hetero) is 1. The molecule has 0 atom stereocenters. The van der Waals surface area contributed by atoms with Crippen molar-refractivity contribution in [1.29, 1.82) is 0 Å². The molecule has 1 aromatic carbocycles. The lowest BCUT2D eigenvalue weighted by molar-refractivity contribution is 0.00748. The molecular formula is C16H19BrO2. The Morgan fingerprint density at radius 1 is 1.37 bits per heavy atom. The van der Waals surface area contributed by atoms with Crippen molar-refractivity contribution in [1.82, 2.24) is 0 Å². The van der Waals surface area contributed by atoms with E-state index in [1.54, 1.807) is 0 Å². The molecule has 19 heavy (non-hydrogen) atoms. The predicted molar refractivity (Wildman–Crippen MR) is 78.5 cm³/mol. The van der Waals surface area contributed by atoms with E-state index in [1.165, 1.54) is 5.56 Å². The third kappa shape index (κ3) is 2.27. The minimum absolute atomic E-state index is 0.128. The number of ketones is 1. The van der Waals surface area contributed by atoms with Crippen LogP contribution in [0.1, 0.15) is 48.5 Å². The third-order valence-electron chi connectivity index (χ3n) is 4.62. The Hall–Kier alpha value is -0.670. The highest BCUT2D eigenvalue weighted by Gasteiger charge is 2.47. The number of hydrogen-bond acceptors (Lipinski definition) is 2. The molecule has 3 rings (SSSR count). The number of carbonyl (C=O) groups is 1. The molecule has 0 unspecified atom stereocenters. The number of carbonyl (C=O) groups excluding carboxylic acids is 1. The summed E-state index contributed by atoms with van der Waals surface area (Å²) in [6, 6.07) is 6.12. The maximum atomic E-state index is 12.7. The second-order valence-electron chi connectivity index (χ2n) is 5.74. The Morgan fingerprint density at radius 2 is 2.11 bits per heavy atom. The lowest BCUT2D eigenvalue weighted by atomic mass is 9.70. The van der Waals surface area contributed by atoms with Crippen LogP contribution in [0.5, 0.6) is 0 Å². The maximum absolute atomic E-state index is 12.7. The minimum atomic E-state index is -0.128. The van der Waals surface area contributed by atoms with Gasteiger partial charge in [0.1, 0.15) is 0 Å². The van der Waals surface area contributed by atoms with Crippen LogP contribution in [0.4, 0.5) is 0 Å². The van der Waals surface area contributed by atoms with Crippen molar-refractivity contribution in [2.24, 2.45) is 5.41 Å². The lowest BCUT2D eigenvalue weighted by Crippen LogP contribution is -2.35. The van der Waals surface area contributed by atoms with Gasteiger partial charge in [0.25, 0.3) is 0 Å². The van der Waals surface area contributed by atoms with Crippen LogP contribution in [-0.4, -0.2) is 18.5 Å². The molecule has 1 fully saturated rings. The fourth-order valence-electron chi connectivity index (χ4n) is 3.59. The van der Waals surface area contributed by atoms with Crippen LogP contribution in [0.15, 0.2) is 22.7 Å². The van der Waals surface area contributed by atoms with Gasteiger partial charge in [-0.3, -0.25) is 4.79 Å². The van der Waals surface area contributed by atoms with Crippen LogP contribution in [0.25, 0.3) is 0 Å². The summed E-state index contributed by atoms with van der Waals surface area (Å²) in [4.78, 5) is 12.7. The summed E-state index contributed by atoms with van der Waals surface area (Å²) < 4.78 is 6.70. The van der Waals surface area contributed by atoms with Crippen molar-refractivity contribution in [3.05, 3.63) is 33.8 Å². The Labute approximate surface area is 122 Å². The van der Waals surface area contributed by atoms with E-state index >= 15 is 0 Å². The number of fused-ring (bicyclic) bond motifs is 1. The van der Waals surface area contributed by atoms with Gasteiger partial charge in [-0.05, 0) is 56.7 Å². The van der Waals surface area contributed by atoms with E-state index in [2.05, 4.69) is 22.0 Å². The van der Waals surface area contributed by atoms with E-state index in [0.29, 0.717) is 11.9 Å². The van der Waals surface area contributed by atoms with Gasteiger partial charge in [0.05, 0.1) is 6.10 Å². The first kappa shape index (κ1) is 13.3. The highest BCUT2D eigenvalue weighted by Crippen LogP contribution is 2.48. The monoisotopic (exact) mass is 322 g/mol. The first-order chi connectivity index (χ1) is 9.14. The summed E-state index contributed by atoms with van der Waals surface area (Å²) in [6.45, 7) is 2.82. The fourth-order valence-corrected chi connectivity index (χ4v) is 3.96. The molecule has 1 aromatic rings. The summed E-state index contributed by atoms with van der Waals surface area (Å²) >= 11 is 3.46. The molecule has 0 heterocycles. The van der Waals surface area contributed by atoms with Crippen LogP contribution in [0.3, 0.4) is 0 Å². The molecule has 0 aliphatic heterocycles. The zero-order chi connectivity index (χ0) is 13.5. The smallest absolute Gasteiger partial charge is 0.169 e. The molecular weight excluding hydrogens is 304 g/mol. The molecule has 2 aliphatic rings. The van der Waals surface area contributed by atoms with E-state index < -0.39 is 0 Å². The van der Waals surface area contributed by atoms with Crippen molar-refractivity contribution < 1.29 is 9.53 Å². The number of ether oxygens (including phenoxy) is 1. The summed E-state index contributed by atoms with van der Waals surface area (Å²) in [5.74, 6) is 0.360. The predicted octanol–water partition coefficient (Wildman–Crippen LogP) is 4.15. The molecule has 0 bridgehead atoms. The minimum Gasteiger partial charge on any atom is -0.379 e. The van der Waals surface area contributed by atoms with Crippen LogP contribution < -0.4 is 0 Å². The number of rotatable bonds is 2. The van der Waals surface area contributed by atoms with Crippen LogP contribution in [-0.2, 0) is 11.2 Å². The fraction of sp³-hybridized carbons (Fsp3) is 0.562. The van der Waals surface area contributed by atoms with Crippen LogP contribution >= 0.6 is 15.9 Å². The van der Waals surface area contributed by atoms with Crippen molar-refractivity contribution in [3.63, 3.8) is 0 Å². The van der Waals surface area contributed by atoms with Gasteiger partial charge >= 0.3 is 0 Å². The summed E-state index contributed by atoms with van der Waals surface area (Å²) in [6.07, 6.45) is 5.28. The van der Waals surface area contributed by atoms with Crippen LogP contribution in [0.2, 0.25) is 0 Å². The quantitative estimate of drug-likeness (QED) is 0.817. The van der Waals surface area contributed by atoms with Gasteiger partial charge < -0.3 is 4.74 Å². The van der Waals surface area contributed by atoms with E-state index in [4.69, 9.17) is 4.74 Å². The molecule has 0 saturated heterocycles. The first-order valence-corrected chi connectivity index (χ1v) is 7.89. The molecule has 0 amide bonds. The Balaban J connectivity index is 1.80. The van der Waals surface area contributed by atoms with E-state index in [0.717, 1.165) is 48.7 Å². The second kappa shape index (κ2) is 5.02. The number of benzene rings is 1. The van der Waals surface area contributed by atoms with Gasteiger partial charge in [0.15, 0.2) is 5.78 Å². The standard InChI is InChI=1S/C16H19BrO2/c1-2-19-13-5-7-16(8-6-13)10-11-3-4-12(17)9-14(11)15(16)18/h3-4,9,13H,2,5-8,10H2,1H3. The number of hydrogen-bond donors (Lipinski definition) is 0. The Kier molecular flexibility index (Phi) is 3.52. The second-order valence-corrected chi connectivity index (χ2v) is 6.66. The summed E-state index contributed by atoms with van der Waals surface area (Å²) in [5.41, 5.74) is 2.03. The molecule has 0 aromatic heterocycles. The average molecular weight is 323 g/mol. The Bertz CT molecular complexity index is 501. The first-order valence-electron chi connectivity index (χ1n) is 7.09. The normalized spacial score (nSPS) is 29.8. The highest BCUT2D eigenvalue weighted by molar-refractivity contribution is 9.10. The third-order valence-corrected chi connectivity index (χ3v) is 5.11. The zero-order valence-electron chi connectivity index (χ0n) is 11.2. The SMILES string of the molecule is CCOC1CCC2(CC1)Cc1ccc(Br)cc1C2=O. The van der Waals surface area contributed by atoms with Crippen molar-refractivity contribution in [2.75, 3.05) is 6.61 Å². The van der Waals surface area contributed by atoms with E-state index in [-0.39, 0.29) is 5.41 Å². The van der Waals surface area contributed by atoms with Gasteiger partial charge in [-0.1, -0.05) is 22.0 Å². The Morgan fingerprint density at radius 3 is 2.79 bits per heavy atom. The van der Waals surface area contributed by atoms with Crippen LogP contribution in [0, 0.1) is 5.41 Å². The molecule has 3 heteroatoms. The summed E-state index contributed by atoms with van der Waals surface area (Å²) in [7, 11) is 0. The van der Waals surface area contributed by atoms with Crippen molar-refractivity contribution in [2.45, 2.75) is 45.1 Å². The largest absolute Gasteiger partial charge is 0.379 e. The highest BCUT2D eigenvalue weighted by atomic mass is 79.9. The topological polar surface area (TPSA) is 26.3 Å². The van der Waals surface area contributed by atoms with E-state index in [1.807, 2.05) is 19.1 Å². The molecule has 102 valence electrons. The molecule has 0 radical (unpaired) electrons. The maximum Gasteiger partial charge on any atom is 0.169 e. The van der Waals surface area contributed by atoms with Crippen molar-refractivity contribution in [3.8, 4) is 0 Å². The lowest BCUT2D eigenvalue weighted by Gasteiger charge is -2.35. The molecule has 2 aliphatic carbocycles. The molecule has 0 N–H and O–H groups in total. The van der Waals surface area contributed by atoms with Gasteiger partial charge in [0.2, 0.25) is 0 Å². The molecule has 1 spiro atoms. The number of halogens is 1. The molecule has 2 nitrogen and oxygen atoms in total. The molecule has 1 saturated carbocycles. The van der Waals surface area contributed by atoms with Gasteiger partial charge in [-0.15, -0.1) is 0 Å². The summed E-state index contributed by atoms with van der Waals surface area (Å²) in [5, 5.41) is 0. The van der Waals surface area contributed by atoms with Gasteiger partial charge in [-0.25, -0.2) is 0 Å². The van der Waals surface area contributed by atoms with Gasteiger partial charge in [-0.2, -0.15) is 0 Å². The van der Waals surface area contributed by atoms with Gasteiger partial charge in [0, 0.05) is 22.1 Å². The van der Waals surface area contributed by atoms with Crippen molar-refractivity contribution >= 4 is 21.7 Å². The van der Waals surface area contributed by atoms with E-state index in [9.17, 15) is 4.79 Å². The zero-order valence-corrected chi connectivity index (χ0v) is 12.8. The average Bonchev–Trinajstić information content (AvgIpc) is 2.67.